The second-order valence-electron chi connectivity index (χ2n) is 8.48. The number of pyridine rings is 1. The Morgan fingerprint density at radius 3 is 2.45 bits per heavy atom. The minimum atomic E-state index is -0.572. The summed E-state index contributed by atoms with van der Waals surface area (Å²) in [4.78, 5) is 34.0. The van der Waals surface area contributed by atoms with Crippen molar-refractivity contribution in [2.45, 2.75) is 31.7 Å². The average Bonchev–Trinajstić information content (AvgIpc) is 2.87. The number of nitrogens with zero attached hydrogens (tertiary/aromatic N) is 3. The Morgan fingerprint density at radius 2 is 1.70 bits per heavy atom. The summed E-state index contributed by atoms with van der Waals surface area (Å²) in [6, 6.07) is 21.1. The lowest BCUT2D eigenvalue weighted by atomic mass is 9.89. The molecule has 0 saturated carbocycles. The number of amides is 2. The molecule has 0 radical (unpaired) electrons. The number of hydrogen-bond acceptors (Lipinski definition) is 5. The molecule has 1 spiro atoms. The van der Waals surface area contributed by atoms with Crippen molar-refractivity contribution in [2.75, 3.05) is 18.4 Å². The monoisotopic (exact) mass is 442 g/mol. The van der Waals surface area contributed by atoms with Gasteiger partial charge in [0.1, 0.15) is 12.3 Å². The van der Waals surface area contributed by atoms with E-state index in [9.17, 15) is 9.59 Å². The Hall–Kier alpha value is -3.87. The van der Waals surface area contributed by atoms with Gasteiger partial charge < -0.3 is 19.9 Å². The third-order valence-corrected chi connectivity index (χ3v) is 6.40. The van der Waals surface area contributed by atoms with Crippen molar-refractivity contribution >= 4 is 17.7 Å². The van der Waals surface area contributed by atoms with Crippen molar-refractivity contribution in [3.63, 3.8) is 0 Å². The number of ether oxygens (including phenoxy) is 1. The van der Waals surface area contributed by atoms with Crippen LogP contribution < -0.4 is 5.32 Å². The molecule has 1 aromatic heterocycles. The van der Waals surface area contributed by atoms with E-state index in [-0.39, 0.29) is 18.6 Å². The summed E-state index contributed by atoms with van der Waals surface area (Å²) in [7, 11) is 0. The van der Waals surface area contributed by atoms with Crippen molar-refractivity contribution in [1.82, 2.24) is 14.8 Å². The summed E-state index contributed by atoms with van der Waals surface area (Å²) >= 11 is 0. The van der Waals surface area contributed by atoms with E-state index in [2.05, 4.69) is 10.3 Å². The van der Waals surface area contributed by atoms with E-state index in [1.54, 1.807) is 17.3 Å². The molecule has 1 saturated heterocycles. The number of hydrogen-bond donors (Lipinski definition) is 1. The fourth-order valence-electron chi connectivity index (χ4n) is 4.60. The van der Waals surface area contributed by atoms with Gasteiger partial charge in [-0.1, -0.05) is 48.5 Å². The van der Waals surface area contributed by atoms with Gasteiger partial charge in [0, 0.05) is 50.6 Å². The molecule has 0 unspecified atom stereocenters. The molecular formula is C26H26N4O3. The standard InChI is InChI=1S/C26H26N4O3/c31-24-22-10-4-5-11-23(22)28-26(30(24)18-21-9-6-14-27-17-21)12-15-29(16-13-26)25(32)33-19-20-7-2-1-3-8-20/h1-11,14,17,28H,12-13,15-16,18-19H2. The fraction of sp³-hybridized carbons (Fsp3) is 0.269. The maximum absolute atomic E-state index is 13.5. The molecule has 1 N–H and O–H groups in total. The zero-order valence-corrected chi connectivity index (χ0v) is 18.3. The Kier molecular flexibility index (Phi) is 5.69. The lowest BCUT2D eigenvalue weighted by Gasteiger charge is -2.52. The molecule has 0 bridgehead atoms. The number of likely N-dealkylation sites (tertiary alicyclic amines) is 1. The molecule has 5 rings (SSSR count). The maximum atomic E-state index is 13.5. The summed E-state index contributed by atoms with van der Waals surface area (Å²) in [5.41, 5.74) is 2.85. The SMILES string of the molecule is O=C(OCc1ccccc1)N1CCC2(CC1)Nc1ccccc1C(=O)N2Cc1cccnc1. The van der Waals surface area contributed by atoms with Crippen LogP contribution in [0.3, 0.4) is 0 Å². The molecular weight excluding hydrogens is 416 g/mol. The number of rotatable bonds is 4. The maximum Gasteiger partial charge on any atom is 0.410 e. The summed E-state index contributed by atoms with van der Waals surface area (Å²) in [6.07, 6.45) is 4.40. The summed E-state index contributed by atoms with van der Waals surface area (Å²) in [5.74, 6) is -0.00620. The molecule has 2 aliphatic heterocycles. The van der Waals surface area contributed by atoms with Crippen molar-refractivity contribution in [3.8, 4) is 0 Å². The van der Waals surface area contributed by atoms with E-state index in [1.165, 1.54) is 0 Å². The quantitative estimate of drug-likeness (QED) is 0.653. The number of anilines is 1. The molecule has 0 atom stereocenters. The van der Waals surface area contributed by atoms with Gasteiger partial charge in [-0.15, -0.1) is 0 Å². The molecule has 2 aromatic carbocycles. The third-order valence-electron chi connectivity index (χ3n) is 6.40. The van der Waals surface area contributed by atoms with Gasteiger partial charge in [-0.25, -0.2) is 4.79 Å². The second kappa shape index (κ2) is 8.94. The van der Waals surface area contributed by atoms with Crippen LogP contribution in [0, 0.1) is 0 Å². The minimum Gasteiger partial charge on any atom is -0.445 e. The minimum absolute atomic E-state index is 0.00620. The van der Waals surface area contributed by atoms with Gasteiger partial charge in [0.25, 0.3) is 5.91 Å². The number of fused-ring (bicyclic) bond motifs is 1. The molecule has 33 heavy (non-hydrogen) atoms. The zero-order chi connectivity index (χ0) is 22.7. The molecule has 2 amide bonds. The van der Waals surface area contributed by atoms with Crippen LogP contribution in [0.1, 0.15) is 34.3 Å². The van der Waals surface area contributed by atoms with E-state index >= 15 is 0 Å². The number of carbonyl (C=O) groups excluding carboxylic acids is 2. The Bertz CT molecular complexity index is 1130. The van der Waals surface area contributed by atoms with Crippen LogP contribution in [0.5, 0.6) is 0 Å². The fourth-order valence-corrected chi connectivity index (χ4v) is 4.60. The van der Waals surface area contributed by atoms with E-state index < -0.39 is 5.66 Å². The topological polar surface area (TPSA) is 74.8 Å². The van der Waals surface area contributed by atoms with E-state index in [4.69, 9.17) is 4.74 Å². The summed E-state index contributed by atoms with van der Waals surface area (Å²) in [5, 5.41) is 3.64. The molecule has 3 heterocycles. The predicted molar refractivity (Wildman–Crippen MR) is 124 cm³/mol. The Balaban J connectivity index is 1.32. The van der Waals surface area contributed by atoms with Crippen LogP contribution in [0.2, 0.25) is 0 Å². The van der Waals surface area contributed by atoms with Crippen LogP contribution in [0.15, 0.2) is 79.1 Å². The van der Waals surface area contributed by atoms with Crippen LogP contribution in [0.25, 0.3) is 0 Å². The van der Waals surface area contributed by atoms with Crippen LogP contribution >= 0.6 is 0 Å². The molecule has 1 fully saturated rings. The van der Waals surface area contributed by atoms with Crippen LogP contribution in [-0.4, -0.2) is 45.5 Å². The smallest absolute Gasteiger partial charge is 0.410 e. The van der Waals surface area contributed by atoms with Gasteiger partial charge in [0.2, 0.25) is 0 Å². The first kappa shape index (κ1) is 21.0. The lowest BCUT2D eigenvalue weighted by molar-refractivity contribution is 0.0201. The molecule has 3 aromatic rings. The highest BCUT2D eigenvalue weighted by Crippen LogP contribution is 2.38. The average molecular weight is 443 g/mol. The number of nitrogens with one attached hydrogen (secondary N) is 1. The first-order chi connectivity index (χ1) is 16.1. The van der Waals surface area contributed by atoms with Crippen LogP contribution in [0.4, 0.5) is 10.5 Å². The molecule has 168 valence electrons. The number of benzene rings is 2. The van der Waals surface area contributed by atoms with Crippen LogP contribution in [-0.2, 0) is 17.9 Å². The van der Waals surface area contributed by atoms with E-state index in [1.807, 2.05) is 71.6 Å². The Labute approximate surface area is 193 Å². The highest BCUT2D eigenvalue weighted by molar-refractivity contribution is 6.02. The Morgan fingerprint density at radius 1 is 0.970 bits per heavy atom. The first-order valence-electron chi connectivity index (χ1n) is 11.2. The largest absolute Gasteiger partial charge is 0.445 e. The van der Waals surface area contributed by atoms with Crippen molar-refractivity contribution in [1.29, 1.82) is 0 Å². The van der Waals surface area contributed by atoms with Gasteiger partial charge in [0.15, 0.2) is 0 Å². The first-order valence-corrected chi connectivity index (χ1v) is 11.2. The number of piperidine rings is 1. The predicted octanol–water partition coefficient (Wildman–Crippen LogP) is 4.28. The number of carbonyl (C=O) groups is 2. The van der Waals surface area contributed by atoms with Gasteiger partial charge in [-0.05, 0) is 29.3 Å². The summed E-state index contributed by atoms with van der Waals surface area (Å²) in [6.45, 7) is 1.70. The van der Waals surface area contributed by atoms with Gasteiger partial charge in [0.05, 0.1) is 5.56 Å². The van der Waals surface area contributed by atoms with E-state index in [0.717, 1.165) is 16.8 Å². The molecule has 2 aliphatic rings. The van der Waals surface area contributed by atoms with Crippen molar-refractivity contribution in [2.24, 2.45) is 0 Å². The summed E-state index contributed by atoms with van der Waals surface area (Å²) < 4.78 is 5.52. The molecule has 7 heteroatoms. The second-order valence-corrected chi connectivity index (χ2v) is 8.48. The van der Waals surface area contributed by atoms with Gasteiger partial charge in [-0.3, -0.25) is 9.78 Å². The van der Waals surface area contributed by atoms with E-state index in [0.29, 0.717) is 38.0 Å². The number of para-hydroxylation sites is 1. The third kappa shape index (κ3) is 4.26. The highest BCUT2D eigenvalue weighted by atomic mass is 16.6. The lowest BCUT2D eigenvalue weighted by Crippen LogP contribution is -2.64. The number of aromatic nitrogens is 1. The normalized spacial score (nSPS) is 16.8. The van der Waals surface area contributed by atoms with Gasteiger partial charge >= 0.3 is 6.09 Å². The zero-order valence-electron chi connectivity index (χ0n) is 18.3. The molecule has 0 aliphatic carbocycles. The molecule has 7 nitrogen and oxygen atoms in total. The van der Waals surface area contributed by atoms with Gasteiger partial charge in [-0.2, -0.15) is 0 Å². The van der Waals surface area contributed by atoms with Crippen molar-refractivity contribution in [3.05, 3.63) is 95.8 Å². The highest BCUT2D eigenvalue weighted by Gasteiger charge is 2.47. The van der Waals surface area contributed by atoms with Crippen molar-refractivity contribution < 1.29 is 14.3 Å².